The third kappa shape index (κ3) is 3.84. The van der Waals surface area contributed by atoms with Crippen molar-refractivity contribution in [2.45, 2.75) is 25.8 Å². The number of halogens is 2. The van der Waals surface area contributed by atoms with Gasteiger partial charge in [0, 0.05) is 18.0 Å². The number of carbonyl (C=O) groups is 1. The van der Waals surface area contributed by atoms with Crippen LogP contribution in [0.1, 0.15) is 31.4 Å². The number of hydrogen-bond acceptors (Lipinski definition) is 3. The Morgan fingerprint density at radius 3 is 3.05 bits per heavy atom. The summed E-state index contributed by atoms with van der Waals surface area (Å²) in [6.07, 6.45) is 1.55. The topological polar surface area (TPSA) is 64.4 Å². The largest absolute Gasteiger partial charge is 0.493 e. The maximum atomic E-state index is 13.4. The maximum Gasteiger partial charge on any atom is 0.224 e. The van der Waals surface area contributed by atoms with Crippen molar-refractivity contribution in [2.75, 3.05) is 13.2 Å². The van der Waals surface area contributed by atoms with Gasteiger partial charge in [-0.1, -0.05) is 6.92 Å². The highest BCUT2D eigenvalue weighted by atomic mass is 35.5. The van der Waals surface area contributed by atoms with Crippen molar-refractivity contribution in [3.63, 3.8) is 0 Å². The van der Waals surface area contributed by atoms with E-state index in [1.54, 1.807) is 13.0 Å². The summed E-state index contributed by atoms with van der Waals surface area (Å²) in [4.78, 5) is 11.9. The average molecular weight is 303 g/mol. The van der Waals surface area contributed by atoms with E-state index in [4.69, 9.17) is 10.5 Å². The van der Waals surface area contributed by atoms with Crippen molar-refractivity contribution >= 4 is 18.3 Å². The Labute approximate surface area is 124 Å². The van der Waals surface area contributed by atoms with Gasteiger partial charge < -0.3 is 15.8 Å². The molecule has 2 rings (SSSR count). The minimum Gasteiger partial charge on any atom is -0.493 e. The number of amides is 1. The molecule has 0 spiro atoms. The van der Waals surface area contributed by atoms with Crippen LogP contribution in [0.3, 0.4) is 0 Å². The summed E-state index contributed by atoms with van der Waals surface area (Å²) in [6.45, 7) is 2.65. The van der Waals surface area contributed by atoms with E-state index in [1.807, 2.05) is 0 Å². The Balaban J connectivity index is 0.00000200. The van der Waals surface area contributed by atoms with Crippen LogP contribution in [0.4, 0.5) is 4.39 Å². The van der Waals surface area contributed by atoms with Crippen molar-refractivity contribution < 1.29 is 13.9 Å². The lowest BCUT2D eigenvalue weighted by Gasteiger charge is -2.20. The van der Waals surface area contributed by atoms with Gasteiger partial charge in [-0.25, -0.2) is 4.39 Å². The van der Waals surface area contributed by atoms with Crippen LogP contribution in [0.15, 0.2) is 18.2 Å². The number of hydrogen-bond donors (Lipinski definition) is 2. The third-order valence-electron chi connectivity index (χ3n) is 3.36. The number of nitrogens with one attached hydrogen (secondary N) is 1. The summed E-state index contributed by atoms with van der Waals surface area (Å²) in [5.74, 6) is -0.0363. The molecule has 20 heavy (non-hydrogen) atoms. The Morgan fingerprint density at radius 1 is 1.60 bits per heavy atom. The van der Waals surface area contributed by atoms with Gasteiger partial charge in [0.2, 0.25) is 5.91 Å². The Bertz CT molecular complexity index is 470. The molecule has 4 nitrogen and oxygen atoms in total. The summed E-state index contributed by atoms with van der Waals surface area (Å²) >= 11 is 0. The molecular formula is C14H20ClFN2O2. The second-order valence-electron chi connectivity index (χ2n) is 4.87. The van der Waals surface area contributed by atoms with E-state index in [-0.39, 0.29) is 36.1 Å². The second-order valence-corrected chi connectivity index (χ2v) is 4.87. The first-order chi connectivity index (χ1) is 9.11. The average Bonchev–Trinajstić information content (AvgIpc) is 2.60. The highest BCUT2D eigenvalue weighted by molar-refractivity contribution is 5.85. The van der Waals surface area contributed by atoms with Gasteiger partial charge in [0.05, 0.1) is 12.6 Å². The molecule has 0 bridgehead atoms. The Hall–Kier alpha value is -1.33. The number of benzene rings is 1. The van der Waals surface area contributed by atoms with Gasteiger partial charge in [0.25, 0.3) is 0 Å². The molecule has 1 heterocycles. The normalized spacial score (nSPS) is 18.9. The van der Waals surface area contributed by atoms with Crippen LogP contribution < -0.4 is 15.8 Å². The molecule has 0 radical (unpaired) electrons. The number of ether oxygens (including phenoxy) is 1. The summed E-state index contributed by atoms with van der Waals surface area (Å²) in [5.41, 5.74) is 6.19. The fraction of sp³-hybridized carbons (Fsp3) is 0.500. The van der Waals surface area contributed by atoms with E-state index >= 15 is 0 Å². The number of fused-ring (bicyclic) bond motifs is 1. The lowest BCUT2D eigenvalue weighted by Crippen LogP contribution is -2.35. The molecule has 0 fully saturated rings. The van der Waals surface area contributed by atoms with Crippen molar-refractivity contribution in [2.24, 2.45) is 11.7 Å². The van der Waals surface area contributed by atoms with Gasteiger partial charge in [-0.2, -0.15) is 0 Å². The fourth-order valence-corrected chi connectivity index (χ4v) is 2.12. The van der Waals surface area contributed by atoms with E-state index in [0.717, 1.165) is 12.8 Å². The predicted molar refractivity (Wildman–Crippen MR) is 77.5 cm³/mol. The van der Waals surface area contributed by atoms with Gasteiger partial charge in [-0.3, -0.25) is 4.79 Å². The lowest BCUT2D eigenvalue weighted by molar-refractivity contribution is -0.125. The molecule has 2 atom stereocenters. The molecular weight excluding hydrogens is 283 g/mol. The predicted octanol–water partition coefficient (Wildman–Crippen LogP) is 2.17. The SMILES string of the molecule is CC(CN)C(=O)NC1CCCOc2ccc(F)cc21.Cl. The first-order valence-electron chi connectivity index (χ1n) is 6.54. The molecule has 1 aromatic carbocycles. The number of carbonyl (C=O) groups excluding carboxylic acids is 1. The highest BCUT2D eigenvalue weighted by Crippen LogP contribution is 2.32. The van der Waals surface area contributed by atoms with Crippen molar-refractivity contribution in [3.05, 3.63) is 29.6 Å². The maximum absolute atomic E-state index is 13.4. The van der Waals surface area contributed by atoms with Crippen LogP contribution in [0, 0.1) is 11.7 Å². The molecule has 0 aliphatic carbocycles. The van der Waals surface area contributed by atoms with Crippen LogP contribution in [0.2, 0.25) is 0 Å². The highest BCUT2D eigenvalue weighted by Gasteiger charge is 2.23. The Kier molecular flexibility index (Phi) is 6.23. The van der Waals surface area contributed by atoms with E-state index in [2.05, 4.69) is 5.32 Å². The van der Waals surface area contributed by atoms with Crippen LogP contribution >= 0.6 is 12.4 Å². The molecule has 1 aliphatic heterocycles. The Morgan fingerprint density at radius 2 is 2.35 bits per heavy atom. The van der Waals surface area contributed by atoms with Crippen molar-refractivity contribution in [1.29, 1.82) is 0 Å². The summed E-state index contributed by atoms with van der Waals surface area (Å²) in [6, 6.07) is 4.20. The quantitative estimate of drug-likeness (QED) is 0.899. The molecule has 2 unspecified atom stereocenters. The van der Waals surface area contributed by atoms with Crippen molar-refractivity contribution in [1.82, 2.24) is 5.32 Å². The number of rotatable bonds is 3. The first-order valence-corrected chi connectivity index (χ1v) is 6.54. The standard InChI is InChI=1S/C14H19FN2O2.ClH/c1-9(8-16)14(18)17-12-3-2-6-19-13-5-4-10(15)7-11(12)13;/h4-5,7,9,12H,2-3,6,8,16H2,1H3,(H,17,18);1H. The third-order valence-corrected chi connectivity index (χ3v) is 3.36. The molecule has 0 aromatic heterocycles. The van der Waals surface area contributed by atoms with E-state index in [0.29, 0.717) is 24.5 Å². The van der Waals surface area contributed by atoms with E-state index in [1.165, 1.54) is 12.1 Å². The molecule has 0 saturated carbocycles. The van der Waals surface area contributed by atoms with Gasteiger partial charge >= 0.3 is 0 Å². The molecule has 6 heteroatoms. The number of nitrogens with two attached hydrogens (primary N) is 1. The van der Waals surface area contributed by atoms with E-state index in [9.17, 15) is 9.18 Å². The molecule has 1 aliphatic rings. The smallest absolute Gasteiger partial charge is 0.224 e. The fourth-order valence-electron chi connectivity index (χ4n) is 2.12. The molecule has 3 N–H and O–H groups in total. The zero-order valence-corrected chi connectivity index (χ0v) is 12.2. The monoisotopic (exact) mass is 302 g/mol. The van der Waals surface area contributed by atoms with Crippen molar-refractivity contribution in [3.8, 4) is 5.75 Å². The molecule has 112 valence electrons. The van der Waals surface area contributed by atoms with Crippen LogP contribution in [-0.2, 0) is 4.79 Å². The van der Waals surface area contributed by atoms with Crippen LogP contribution in [0.25, 0.3) is 0 Å². The zero-order valence-electron chi connectivity index (χ0n) is 11.4. The van der Waals surface area contributed by atoms with Crippen LogP contribution in [0.5, 0.6) is 5.75 Å². The van der Waals surface area contributed by atoms with Gasteiger partial charge in [0.15, 0.2) is 0 Å². The lowest BCUT2D eigenvalue weighted by atomic mass is 10.0. The van der Waals surface area contributed by atoms with Gasteiger partial charge in [-0.05, 0) is 31.0 Å². The minimum absolute atomic E-state index is 0. The minimum atomic E-state index is -0.324. The molecule has 1 aromatic rings. The second kappa shape index (κ2) is 7.45. The molecule has 1 amide bonds. The summed E-state index contributed by atoms with van der Waals surface area (Å²) in [5, 5.41) is 2.93. The van der Waals surface area contributed by atoms with E-state index < -0.39 is 0 Å². The molecule has 0 saturated heterocycles. The summed E-state index contributed by atoms with van der Waals surface area (Å²) in [7, 11) is 0. The first kappa shape index (κ1) is 16.7. The summed E-state index contributed by atoms with van der Waals surface area (Å²) < 4.78 is 18.9. The van der Waals surface area contributed by atoms with Crippen LogP contribution in [-0.4, -0.2) is 19.1 Å². The zero-order chi connectivity index (χ0) is 13.8. The van der Waals surface area contributed by atoms with Gasteiger partial charge in [-0.15, -0.1) is 12.4 Å². The van der Waals surface area contributed by atoms with Gasteiger partial charge in [0.1, 0.15) is 11.6 Å².